The van der Waals surface area contributed by atoms with E-state index in [1.54, 1.807) is 12.1 Å². The fourth-order valence-electron chi connectivity index (χ4n) is 2.09. The van der Waals surface area contributed by atoms with E-state index in [1.807, 2.05) is 0 Å². The van der Waals surface area contributed by atoms with E-state index < -0.39 is 30.1 Å². The molecule has 0 aliphatic carbocycles. The topological polar surface area (TPSA) is 64.6 Å². The zero-order valence-corrected chi connectivity index (χ0v) is 15.1. The minimum atomic E-state index is -0.788. The molecule has 0 spiro atoms. The highest BCUT2D eigenvalue weighted by Gasteiger charge is 2.12. The number of nitrogens with one attached hydrogen (secondary N) is 1. The van der Waals surface area contributed by atoms with E-state index in [9.17, 15) is 18.4 Å². The van der Waals surface area contributed by atoms with Crippen LogP contribution in [0.5, 0.6) is 5.75 Å². The third-order valence-corrected chi connectivity index (χ3v) is 3.59. The van der Waals surface area contributed by atoms with Gasteiger partial charge in [-0.05, 0) is 48.7 Å². The van der Waals surface area contributed by atoms with Crippen LogP contribution in [0, 0.1) is 17.6 Å². The van der Waals surface area contributed by atoms with Crippen molar-refractivity contribution in [1.29, 1.82) is 0 Å². The normalized spacial score (nSPS) is 10.6. The van der Waals surface area contributed by atoms with E-state index in [0.717, 1.165) is 24.6 Å². The molecule has 0 fully saturated rings. The molecule has 0 aliphatic rings. The summed E-state index contributed by atoms with van der Waals surface area (Å²) in [5, 5.41) is 2.15. The first-order chi connectivity index (χ1) is 12.8. The van der Waals surface area contributed by atoms with Crippen LogP contribution in [0.25, 0.3) is 0 Å². The number of benzene rings is 2. The van der Waals surface area contributed by atoms with Gasteiger partial charge in [0, 0.05) is 6.07 Å². The molecule has 0 radical (unpaired) electrons. The second-order valence-electron chi connectivity index (χ2n) is 6.30. The summed E-state index contributed by atoms with van der Waals surface area (Å²) in [5.41, 5.74) is -0.0742. The Morgan fingerprint density at radius 2 is 1.78 bits per heavy atom. The number of carbonyl (C=O) groups is 2. The van der Waals surface area contributed by atoms with Crippen LogP contribution in [0.4, 0.5) is 14.5 Å². The average Bonchev–Trinajstić information content (AvgIpc) is 2.63. The Morgan fingerprint density at radius 3 is 2.44 bits per heavy atom. The van der Waals surface area contributed by atoms with Gasteiger partial charge in [-0.25, -0.2) is 13.6 Å². The first-order valence-electron chi connectivity index (χ1n) is 8.50. The quantitative estimate of drug-likeness (QED) is 0.701. The molecule has 1 amide bonds. The molecule has 0 bridgehead atoms. The fraction of sp³-hybridized carbons (Fsp3) is 0.300. The highest BCUT2D eigenvalue weighted by atomic mass is 19.1. The molecule has 0 heterocycles. The molecule has 0 atom stereocenters. The van der Waals surface area contributed by atoms with Crippen LogP contribution in [-0.2, 0) is 9.53 Å². The number of ether oxygens (including phenoxy) is 2. The summed E-state index contributed by atoms with van der Waals surface area (Å²) < 4.78 is 37.0. The zero-order chi connectivity index (χ0) is 19.8. The molecule has 0 saturated heterocycles. The highest BCUT2D eigenvalue weighted by Crippen LogP contribution is 2.16. The van der Waals surface area contributed by atoms with Gasteiger partial charge in [-0.1, -0.05) is 13.8 Å². The van der Waals surface area contributed by atoms with Crippen molar-refractivity contribution in [1.82, 2.24) is 0 Å². The Morgan fingerprint density at radius 1 is 1.07 bits per heavy atom. The zero-order valence-electron chi connectivity index (χ0n) is 15.1. The molecule has 2 aromatic rings. The number of amides is 1. The predicted octanol–water partition coefficient (Wildman–Crippen LogP) is 4.19. The maximum absolute atomic E-state index is 13.5. The lowest BCUT2D eigenvalue weighted by molar-refractivity contribution is -0.119. The third kappa shape index (κ3) is 6.69. The van der Waals surface area contributed by atoms with Crippen LogP contribution in [0.1, 0.15) is 30.6 Å². The van der Waals surface area contributed by atoms with E-state index in [1.165, 1.54) is 12.1 Å². The largest absolute Gasteiger partial charge is 0.494 e. The summed E-state index contributed by atoms with van der Waals surface area (Å²) >= 11 is 0. The second-order valence-corrected chi connectivity index (χ2v) is 6.30. The number of anilines is 1. The van der Waals surface area contributed by atoms with Gasteiger partial charge in [0.1, 0.15) is 17.4 Å². The van der Waals surface area contributed by atoms with Crippen molar-refractivity contribution >= 4 is 17.6 Å². The third-order valence-electron chi connectivity index (χ3n) is 3.59. The van der Waals surface area contributed by atoms with Crippen LogP contribution in [0.3, 0.4) is 0 Å². The van der Waals surface area contributed by atoms with Gasteiger partial charge in [-0.3, -0.25) is 4.79 Å². The summed E-state index contributed by atoms with van der Waals surface area (Å²) in [5.74, 6) is -1.80. The van der Waals surface area contributed by atoms with E-state index >= 15 is 0 Å². The molecule has 7 heteroatoms. The summed E-state index contributed by atoms with van der Waals surface area (Å²) in [6, 6.07) is 8.99. The Kier molecular flexibility index (Phi) is 7.28. The van der Waals surface area contributed by atoms with Crippen molar-refractivity contribution < 1.29 is 27.8 Å². The van der Waals surface area contributed by atoms with Crippen LogP contribution in [0.2, 0.25) is 0 Å². The van der Waals surface area contributed by atoms with Crippen LogP contribution in [0.15, 0.2) is 42.5 Å². The molecule has 5 nitrogen and oxygen atoms in total. The molecule has 0 aliphatic heterocycles. The number of hydrogen-bond donors (Lipinski definition) is 1. The van der Waals surface area contributed by atoms with Gasteiger partial charge >= 0.3 is 5.97 Å². The molecule has 0 unspecified atom stereocenters. The maximum atomic E-state index is 13.5. The van der Waals surface area contributed by atoms with E-state index in [4.69, 9.17) is 9.47 Å². The smallest absolute Gasteiger partial charge is 0.338 e. The Balaban J connectivity index is 1.82. The average molecular weight is 377 g/mol. The molecule has 1 N–H and O–H groups in total. The summed E-state index contributed by atoms with van der Waals surface area (Å²) in [7, 11) is 0. The fourth-order valence-corrected chi connectivity index (χ4v) is 2.09. The summed E-state index contributed by atoms with van der Waals surface area (Å²) in [6.07, 6.45) is 0.921. The van der Waals surface area contributed by atoms with Crippen LogP contribution in [-0.4, -0.2) is 25.1 Å². The van der Waals surface area contributed by atoms with Gasteiger partial charge in [0.25, 0.3) is 5.91 Å². The van der Waals surface area contributed by atoms with Crippen molar-refractivity contribution in [3.05, 3.63) is 59.7 Å². The lowest BCUT2D eigenvalue weighted by Gasteiger charge is -2.09. The Hall–Kier alpha value is -2.96. The number of hydrogen-bond acceptors (Lipinski definition) is 4. The van der Waals surface area contributed by atoms with Gasteiger partial charge in [-0.2, -0.15) is 0 Å². The highest BCUT2D eigenvalue weighted by molar-refractivity contribution is 5.95. The number of halogens is 2. The van der Waals surface area contributed by atoms with E-state index in [0.29, 0.717) is 18.3 Å². The van der Waals surface area contributed by atoms with Crippen molar-refractivity contribution in [3.8, 4) is 5.75 Å². The lowest BCUT2D eigenvalue weighted by atomic mass is 10.1. The van der Waals surface area contributed by atoms with Crippen molar-refractivity contribution in [2.24, 2.45) is 5.92 Å². The van der Waals surface area contributed by atoms with Crippen LogP contribution >= 0.6 is 0 Å². The first kappa shape index (κ1) is 20.4. The number of rotatable bonds is 8. The minimum Gasteiger partial charge on any atom is -0.494 e. The van der Waals surface area contributed by atoms with Crippen molar-refractivity contribution in [3.63, 3.8) is 0 Å². The molecule has 144 valence electrons. The maximum Gasteiger partial charge on any atom is 0.338 e. The molecule has 2 aromatic carbocycles. The Labute approximate surface area is 156 Å². The summed E-state index contributed by atoms with van der Waals surface area (Å²) in [4.78, 5) is 23.7. The molecule has 2 rings (SSSR count). The lowest BCUT2D eigenvalue weighted by Crippen LogP contribution is -2.21. The predicted molar refractivity (Wildman–Crippen MR) is 96.7 cm³/mol. The number of esters is 1. The van der Waals surface area contributed by atoms with E-state index in [-0.39, 0.29) is 11.3 Å². The first-order valence-corrected chi connectivity index (χ1v) is 8.50. The van der Waals surface area contributed by atoms with Gasteiger partial charge in [-0.15, -0.1) is 0 Å². The Bertz CT molecular complexity index is 791. The standard InChI is InChI=1S/C20H21F2NO4/c1-13(2)9-10-26-16-6-3-14(4-7-16)20(25)27-12-19(24)23-18-11-15(21)5-8-17(18)22/h3-8,11,13H,9-10,12H2,1-2H3,(H,23,24). The molecule has 27 heavy (non-hydrogen) atoms. The minimum absolute atomic E-state index is 0.246. The molecular formula is C20H21F2NO4. The van der Waals surface area contributed by atoms with E-state index in [2.05, 4.69) is 19.2 Å². The van der Waals surface area contributed by atoms with Gasteiger partial charge in [0.15, 0.2) is 6.61 Å². The molecular weight excluding hydrogens is 356 g/mol. The van der Waals surface area contributed by atoms with Crippen molar-refractivity contribution in [2.45, 2.75) is 20.3 Å². The van der Waals surface area contributed by atoms with Gasteiger partial charge in [0.05, 0.1) is 17.9 Å². The SMILES string of the molecule is CC(C)CCOc1ccc(C(=O)OCC(=O)Nc2cc(F)ccc2F)cc1. The monoisotopic (exact) mass is 377 g/mol. The van der Waals surface area contributed by atoms with Gasteiger partial charge in [0.2, 0.25) is 0 Å². The van der Waals surface area contributed by atoms with Crippen molar-refractivity contribution in [2.75, 3.05) is 18.5 Å². The molecule has 0 aromatic heterocycles. The van der Waals surface area contributed by atoms with Gasteiger partial charge < -0.3 is 14.8 Å². The second kappa shape index (κ2) is 9.66. The van der Waals surface area contributed by atoms with Crippen LogP contribution < -0.4 is 10.1 Å². The summed E-state index contributed by atoms with van der Waals surface area (Å²) in [6.45, 7) is 4.16. The number of carbonyl (C=O) groups excluding carboxylic acids is 2. The molecule has 0 saturated carbocycles.